The van der Waals surface area contributed by atoms with Crippen molar-refractivity contribution in [1.29, 1.82) is 0 Å². The third kappa shape index (κ3) is 6.81. The number of carbonyl (C=O) groups is 4. The molecule has 1 aliphatic heterocycles. The first kappa shape index (κ1) is 27.4. The lowest BCUT2D eigenvalue weighted by molar-refractivity contribution is -0.385. The zero-order chi connectivity index (χ0) is 26.4. The van der Waals surface area contributed by atoms with E-state index >= 15 is 0 Å². The van der Waals surface area contributed by atoms with Gasteiger partial charge in [-0.25, -0.2) is 13.6 Å². The van der Waals surface area contributed by atoms with Crippen molar-refractivity contribution in [2.45, 2.75) is 57.9 Å². The third-order valence-corrected chi connectivity index (χ3v) is 4.52. The Morgan fingerprint density at radius 1 is 0.971 bits per heavy atom. The number of alkyl halides is 2. The average Bonchev–Trinajstić information content (AvgIpc) is 2.75. The Bertz CT molecular complexity index is 1000. The molecule has 15 heteroatoms. The molecule has 35 heavy (non-hydrogen) atoms. The van der Waals surface area contributed by atoms with Crippen molar-refractivity contribution < 1.29 is 61.3 Å². The van der Waals surface area contributed by atoms with Gasteiger partial charge in [0.2, 0.25) is 12.4 Å². The van der Waals surface area contributed by atoms with E-state index in [0.29, 0.717) is 6.07 Å². The van der Waals surface area contributed by atoms with E-state index in [0.717, 1.165) is 40.0 Å². The molecule has 1 heterocycles. The number of non-ortho nitro benzene ring substituents is 1. The molecule has 0 aromatic heterocycles. The number of benzene rings is 1. The topological polar surface area (TPSA) is 167 Å². The highest BCUT2D eigenvalue weighted by Gasteiger charge is 2.56. The van der Waals surface area contributed by atoms with E-state index in [1.54, 1.807) is 0 Å². The van der Waals surface area contributed by atoms with Gasteiger partial charge < -0.3 is 28.4 Å². The smallest absolute Gasteiger partial charge is 0.339 e. The highest BCUT2D eigenvalue weighted by Crippen LogP contribution is 2.36. The molecule has 1 fully saturated rings. The molecule has 2 rings (SSSR count). The molecule has 1 aliphatic rings. The minimum absolute atomic E-state index is 0.562. The first-order chi connectivity index (χ1) is 16.3. The summed E-state index contributed by atoms with van der Waals surface area (Å²) in [6.07, 6.45) is -12.1. The van der Waals surface area contributed by atoms with Gasteiger partial charge in [-0.2, -0.15) is 0 Å². The van der Waals surface area contributed by atoms with Crippen molar-refractivity contribution in [2.75, 3.05) is 7.11 Å². The molecule has 1 saturated heterocycles. The van der Waals surface area contributed by atoms with Gasteiger partial charge in [-0.1, -0.05) is 0 Å². The van der Waals surface area contributed by atoms with Gasteiger partial charge in [0.1, 0.15) is 5.75 Å². The van der Waals surface area contributed by atoms with Crippen LogP contribution >= 0.6 is 0 Å². The molecule has 13 nitrogen and oxygen atoms in total. The molecule has 192 valence electrons. The molecule has 0 saturated carbocycles. The van der Waals surface area contributed by atoms with Gasteiger partial charge in [0.25, 0.3) is 12.1 Å². The van der Waals surface area contributed by atoms with E-state index in [1.807, 2.05) is 0 Å². The summed E-state index contributed by atoms with van der Waals surface area (Å²) in [5, 5.41) is 11.0. The van der Waals surface area contributed by atoms with Crippen molar-refractivity contribution in [2.24, 2.45) is 0 Å². The molecule has 5 unspecified atom stereocenters. The van der Waals surface area contributed by atoms with E-state index < -0.39 is 82.9 Å². The second-order valence-corrected chi connectivity index (χ2v) is 7.07. The number of methoxy groups -OCH3 is 1. The number of nitrogens with zero attached hydrogens (tertiary/aromatic N) is 1. The second-order valence-electron chi connectivity index (χ2n) is 7.07. The van der Waals surface area contributed by atoms with Gasteiger partial charge in [0.15, 0.2) is 18.3 Å². The Morgan fingerprint density at radius 2 is 1.51 bits per heavy atom. The molecule has 0 bridgehead atoms. The van der Waals surface area contributed by atoms with E-state index in [-0.39, 0.29) is 0 Å². The number of hydrogen-bond donors (Lipinski definition) is 0. The zero-order valence-electron chi connectivity index (χ0n) is 18.8. The Hall–Kier alpha value is -3.88. The number of ether oxygens (including phenoxy) is 6. The van der Waals surface area contributed by atoms with Gasteiger partial charge in [-0.05, 0) is 6.07 Å². The lowest BCUT2D eigenvalue weighted by Gasteiger charge is -2.43. The van der Waals surface area contributed by atoms with Gasteiger partial charge in [0.05, 0.1) is 17.6 Å². The van der Waals surface area contributed by atoms with Crippen LogP contribution < -0.4 is 4.74 Å². The van der Waals surface area contributed by atoms with Gasteiger partial charge in [0, 0.05) is 32.9 Å². The second kappa shape index (κ2) is 11.5. The minimum atomic E-state index is -3.24. The van der Waals surface area contributed by atoms with E-state index in [2.05, 4.69) is 4.74 Å². The third-order valence-electron chi connectivity index (χ3n) is 4.52. The fourth-order valence-electron chi connectivity index (χ4n) is 3.23. The summed E-state index contributed by atoms with van der Waals surface area (Å²) in [4.78, 5) is 57.6. The van der Waals surface area contributed by atoms with Gasteiger partial charge in [-0.3, -0.25) is 24.5 Å². The molecule has 5 atom stereocenters. The number of rotatable bonds is 8. The summed E-state index contributed by atoms with van der Waals surface area (Å²) in [7, 11) is 0.969. The summed E-state index contributed by atoms with van der Waals surface area (Å²) in [5.74, 6) is -4.58. The molecular weight excluding hydrogens is 484 g/mol. The van der Waals surface area contributed by atoms with E-state index in [9.17, 15) is 38.1 Å². The summed E-state index contributed by atoms with van der Waals surface area (Å²) in [6, 6.07) is 2.28. The fourth-order valence-corrected chi connectivity index (χ4v) is 3.23. The number of nitro groups is 1. The van der Waals surface area contributed by atoms with Crippen molar-refractivity contribution in [1.82, 2.24) is 0 Å². The molecule has 0 spiro atoms. The normalized spacial score (nSPS) is 23.7. The predicted molar refractivity (Wildman–Crippen MR) is 106 cm³/mol. The number of esters is 4. The number of carbonyl (C=O) groups excluding carboxylic acids is 4. The molecule has 0 amide bonds. The van der Waals surface area contributed by atoms with Crippen LogP contribution in [0.1, 0.15) is 32.8 Å². The van der Waals surface area contributed by atoms with Crippen molar-refractivity contribution in [3.63, 3.8) is 0 Å². The summed E-state index contributed by atoms with van der Waals surface area (Å²) < 4.78 is 58.1. The highest BCUT2D eigenvalue weighted by atomic mass is 19.3. The fraction of sp³-hybridized carbons (Fsp3) is 0.500. The van der Waals surface area contributed by atoms with Crippen molar-refractivity contribution >= 4 is 29.6 Å². The number of halogens is 2. The SMILES string of the molecule is COC(=O)C1OC(Oc2ccc([N+](=O)[O-])cc2C(F)F)C(OC(C)=O)C(OC(C)=O)C1OC(C)=O. The van der Waals surface area contributed by atoms with E-state index in [4.69, 9.17) is 23.7 Å². The zero-order valence-corrected chi connectivity index (χ0v) is 18.8. The summed E-state index contributed by atoms with van der Waals surface area (Å²) >= 11 is 0. The maximum absolute atomic E-state index is 13.6. The molecular formula is C20H21F2NO12. The van der Waals surface area contributed by atoms with E-state index in [1.165, 1.54) is 0 Å². The first-order valence-electron chi connectivity index (χ1n) is 9.83. The number of hydrogen-bond acceptors (Lipinski definition) is 12. The maximum Gasteiger partial charge on any atom is 0.339 e. The Kier molecular flexibility index (Phi) is 8.99. The Morgan fingerprint density at radius 3 is 2.00 bits per heavy atom. The van der Waals surface area contributed by atoms with Crippen LogP contribution in [0.2, 0.25) is 0 Å². The van der Waals surface area contributed by atoms with Gasteiger partial charge >= 0.3 is 23.9 Å². The summed E-state index contributed by atoms with van der Waals surface area (Å²) in [5.41, 5.74) is -1.57. The lowest BCUT2D eigenvalue weighted by atomic mass is 9.97. The largest absolute Gasteiger partial charge is 0.467 e. The lowest BCUT2D eigenvalue weighted by Crippen LogP contribution is -2.64. The Balaban J connectivity index is 2.60. The molecule has 0 N–H and O–H groups in total. The molecule has 1 aromatic rings. The number of nitro benzene ring substituents is 1. The van der Waals surface area contributed by atoms with Crippen molar-refractivity contribution in [3.05, 3.63) is 33.9 Å². The standard InChI is InChI=1S/C20H21F2NO12/c1-8(24)31-14-15(32-9(2)25)17(33-10(3)26)20(35-16(14)19(27)30-4)34-13-6-5-11(23(28)29)7-12(13)18(21)22/h5-7,14-18,20H,1-4H3. The first-order valence-corrected chi connectivity index (χ1v) is 9.83. The summed E-state index contributed by atoms with van der Waals surface area (Å²) in [6.45, 7) is 2.92. The highest BCUT2D eigenvalue weighted by molar-refractivity contribution is 5.77. The quantitative estimate of drug-likeness (QED) is 0.217. The van der Waals surface area contributed by atoms with Crippen LogP contribution in [0.3, 0.4) is 0 Å². The van der Waals surface area contributed by atoms with Crippen LogP contribution in [0.5, 0.6) is 5.75 Å². The van der Waals surface area contributed by atoms with Gasteiger partial charge in [-0.15, -0.1) is 0 Å². The van der Waals surface area contributed by atoms with Crippen LogP contribution in [-0.2, 0) is 42.9 Å². The Labute approximate surface area is 196 Å². The predicted octanol–water partition coefficient (Wildman–Crippen LogP) is 1.60. The van der Waals surface area contributed by atoms with Crippen LogP contribution in [0, 0.1) is 10.1 Å². The minimum Gasteiger partial charge on any atom is -0.467 e. The van der Waals surface area contributed by atoms with Crippen LogP contribution in [0.15, 0.2) is 18.2 Å². The average molecular weight is 505 g/mol. The maximum atomic E-state index is 13.6. The molecule has 1 aromatic carbocycles. The van der Waals surface area contributed by atoms with Crippen LogP contribution in [0.25, 0.3) is 0 Å². The van der Waals surface area contributed by atoms with Crippen LogP contribution in [0.4, 0.5) is 14.5 Å². The van der Waals surface area contributed by atoms with Crippen LogP contribution in [-0.4, -0.2) is 66.6 Å². The molecule has 0 aliphatic carbocycles. The monoisotopic (exact) mass is 505 g/mol. The molecule has 0 radical (unpaired) electrons. The van der Waals surface area contributed by atoms with Crippen molar-refractivity contribution in [3.8, 4) is 5.75 Å².